The Morgan fingerprint density at radius 3 is 2.51 bits per heavy atom. The number of thiazole rings is 1. The second kappa shape index (κ2) is 14.0. The second-order valence-electron chi connectivity index (χ2n) is 9.68. The van der Waals surface area contributed by atoms with Gasteiger partial charge in [0.2, 0.25) is 0 Å². The summed E-state index contributed by atoms with van der Waals surface area (Å²) in [7, 11) is 2.82. The molecule has 3 aromatic carbocycles. The second-order valence-corrected chi connectivity index (χ2v) is 10.7. The number of carbonyl (C=O) groups is 1. The van der Waals surface area contributed by atoms with E-state index in [2.05, 4.69) is 11.1 Å². The minimum absolute atomic E-state index is 0.120. The number of aromatic nitrogens is 1. The van der Waals surface area contributed by atoms with E-state index in [0.717, 1.165) is 0 Å². The number of hydrogen-bond donors (Lipinski definition) is 0. The Hall–Kier alpha value is -5.34. The quantitative estimate of drug-likeness (QED) is 0.227. The number of nitriles is 1. The van der Waals surface area contributed by atoms with Crippen LogP contribution in [0.1, 0.15) is 42.1 Å². The zero-order chi connectivity index (χ0) is 31.9. The summed E-state index contributed by atoms with van der Waals surface area (Å²) in [4.78, 5) is 31.9. The van der Waals surface area contributed by atoms with Gasteiger partial charge in [-0.3, -0.25) is 9.36 Å². The first kappa shape index (κ1) is 31.1. The molecular weight excluding hydrogens is 594 g/mol. The van der Waals surface area contributed by atoms with Crippen molar-refractivity contribution < 1.29 is 28.5 Å². The van der Waals surface area contributed by atoms with Gasteiger partial charge in [-0.2, -0.15) is 5.26 Å². The van der Waals surface area contributed by atoms with Crippen molar-refractivity contribution >= 4 is 23.4 Å². The minimum atomic E-state index is -0.825. The van der Waals surface area contributed by atoms with Crippen LogP contribution in [-0.4, -0.2) is 38.0 Å². The van der Waals surface area contributed by atoms with Gasteiger partial charge < -0.3 is 23.7 Å². The van der Waals surface area contributed by atoms with Gasteiger partial charge in [-0.25, -0.2) is 9.79 Å². The van der Waals surface area contributed by atoms with Crippen molar-refractivity contribution in [1.82, 2.24) is 4.57 Å². The van der Waals surface area contributed by atoms with Crippen LogP contribution in [0.4, 0.5) is 0 Å². The van der Waals surface area contributed by atoms with Gasteiger partial charge in [0.25, 0.3) is 5.56 Å². The van der Waals surface area contributed by atoms with Crippen molar-refractivity contribution in [3.63, 3.8) is 0 Å². The van der Waals surface area contributed by atoms with E-state index in [1.54, 1.807) is 48.5 Å². The highest BCUT2D eigenvalue weighted by Gasteiger charge is 2.31. The Bertz CT molecular complexity index is 1990. The third-order valence-electron chi connectivity index (χ3n) is 7.03. The van der Waals surface area contributed by atoms with Crippen LogP contribution in [0, 0.1) is 11.3 Å². The third-order valence-corrected chi connectivity index (χ3v) is 8.03. The maximum atomic E-state index is 14.1. The van der Waals surface area contributed by atoms with Crippen LogP contribution < -0.4 is 33.8 Å². The first-order valence-corrected chi connectivity index (χ1v) is 15.0. The minimum Gasteiger partial charge on any atom is -0.493 e. The van der Waals surface area contributed by atoms with Crippen molar-refractivity contribution in [2.24, 2.45) is 4.99 Å². The zero-order valence-electron chi connectivity index (χ0n) is 25.2. The van der Waals surface area contributed by atoms with Crippen LogP contribution in [0.15, 0.2) is 82.2 Å². The van der Waals surface area contributed by atoms with Crippen molar-refractivity contribution in [3.8, 4) is 29.1 Å². The fraction of sp³-hybridized carbons (Fsp3) is 0.235. The number of ether oxygens (including phenoxy) is 5. The number of methoxy groups -OCH3 is 2. The molecule has 4 aromatic rings. The molecule has 0 fully saturated rings. The van der Waals surface area contributed by atoms with Gasteiger partial charge in [0.05, 0.1) is 55.2 Å². The topological polar surface area (TPSA) is 121 Å². The number of hydrogen-bond acceptors (Lipinski definition) is 10. The molecule has 0 aliphatic carbocycles. The monoisotopic (exact) mass is 625 g/mol. The molecule has 2 heterocycles. The largest absolute Gasteiger partial charge is 0.493 e. The molecule has 1 aromatic heterocycles. The molecule has 10 nitrogen and oxygen atoms in total. The summed E-state index contributed by atoms with van der Waals surface area (Å²) in [6, 6.07) is 19.2. The number of nitrogens with zero attached hydrogens (tertiary/aromatic N) is 3. The van der Waals surface area contributed by atoms with Gasteiger partial charge in [0.1, 0.15) is 6.61 Å². The molecule has 45 heavy (non-hydrogen) atoms. The maximum absolute atomic E-state index is 14.1. The number of benzene rings is 3. The van der Waals surface area contributed by atoms with Gasteiger partial charge >= 0.3 is 5.97 Å². The first-order chi connectivity index (χ1) is 21.9. The highest BCUT2D eigenvalue weighted by atomic mass is 32.1. The van der Waals surface area contributed by atoms with E-state index >= 15 is 0 Å². The van der Waals surface area contributed by atoms with Crippen molar-refractivity contribution in [2.45, 2.75) is 26.5 Å². The fourth-order valence-electron chi connectivity index (χ4n) is 5.00. The highest BCUT2D eigenvalue weighted by Crippen LogP contribution is 2.35. The van der Waals surface area contributed by atoms with E-state index in [9.17, 15) is 14.9 Å². The zero-order valence-corrected chi connectivity index (χ0v) is 26.1. The molecule has 0 spiro atoms. The number of esters is 1. The number of carbonyl (C=O) groups excluding carboxylic acids is 1. The lowest BCUT2D eigenvalue weighted by Gasteiger charge is -2.23. The molecule has 0 N–H and O–H groups in total. The average molecular weight is 626 g/mol. The van der Waals surface area contributed by atoms with Gasteiger partial charge in [-0.15, -0.1) is 0 Å². The summed E-state index contributed by atoms with van der Waals surface area (Å²) in [5, 5.41) is 9.50. The summed E-state index contributed by atoms with van der Waals surface area (Å²) < 4.78 is 30.2. The van der Waals surface area contributed by atoms with Crippen molar-refractivity contribution in [2.75, 3.05) is 27.4 Å². The SMILES string of the molecule is CCOc1ccc([C@H]2C(C(=O)OC)=CN=c3s/c(=C/c4cccc(OC)c4OCc4ccccc4C#N)c(=O)n32)cc1OCC. The first-order valence-electron chi connectivity index (χ1n) is 14.2. The Kier molecular flexibility index (Phi) is 9.65. The summed E-state index contributed by atoms with van der Waals surface area (Å²) in [6.07, 6.45) is 3.15. The third kappa shape index (κ3) is 6.32. The Labute approximate surface area is 263 Å². The molecule has 230 valence electrons. The molecule has 11 heteroatoms. The molecule has 1 aliphatic heterocycles. The molecule has 1 aliphatic rings. The van der Waals surface area contributed by atoms with Crippen LogP contribution in [0.2, 0.25) is 0 Å². The predicted octanol–water partition coefficient (Wildman–Crippen LogP) is 4.27. The van der Waals surface area contributed by atoms with Gasteiger partial charge in [0, 0.05) is 17.3 Å². The van der Waals surface area contributed by atoms with Gasteiger partial charge in [0.15, 0.2) is 27.8 Å². The lowest BCUT2D eigenvalue weighted by molar-refractivity contribution is -0.136. The van der Waals surface area contributed by atoms with Crippen LogP contribution in [0.5, 0.6) is 23.0 Å². The van der Waals surface area contributed by atoms with Crippen LogP contribution in [0.25, 0.3) is 6.08 Å². The summed E-state index contributed by atoms with van der Waals surface area (Å²) in [5.74, 6) is 1.33. The number of fused-ring (bicyclic) bond motifs is 1. The lowest BCUT2D eigenvalue weighted by Crippen LogP contribution is -2.39. The molecular formula is C34H31N3O7S. The summed E-state index contributed by atoms with van der Waals surface area (Å²) in [6.45, 7) is 4.71. The number of para-hydroxylation sites is 1. The van der Waals surface area contributed by atoms with E-state index < -0.39 is 12.0 Å². The van der Waals surface area contributed by atoms with Crippen LogP contribution in [0.3, 0.4) is 0 Å². The standard InChI is InChI=1S/C34H31N3O7S/c1-5-42-26-15-14-21(16-28(26)43-6-2)30-25(33(39)41-4)19-36-34-37(30)32(38)29(45-34)17-22-12-9-13-27(40-3)31(22)44-20-24-11-8-7-10-23(24)18-35/h7-17,19,30H,5-6,20H2,1-4H3/b29-17+/t30-/m0/s1. The smallest absolute Gasteiger partial charge is 0.337 e. The molecule has 0 bridgehead atoms. The fourth-order valence-corrected chi connectivity index (χ4v) is 5.96. The average Bonchev–Trinajstić information content (AvgIpc) is 3.38. The van der Waals surface area contributed by atoms with Crippen molar-refractivity contribution in [3.05, 3.63) is 114 Å². The molecule has 0 saturated carbocycles. The summed E-state index contributed by atoms with van der Waals surface area (Å²) in [5.41, 5.74) is 2.29. The molecule has 0 saturated heterocycles. The molecule has 0 amide bonds. The number of rotatable bonds is 11. The Morgan fingerprint density at radius 2 is 1.78 bits per heavy atom. The molecule has 0 unspecified atom stereocenters. The van der Waals surface area contributed by atoms with E-state index in [-0.39, 0.29) is 17.7 Å². The van der Waals surface area contributed by atoms with Gasteiger partial charge in [-0.05, 0) is 49.8 Å². The normalized spacial score (nSPS) is 14.0. The highest BCUT2D eigenvalue weighted by molar-refractivity contribution is 7.07. The van der Waals surface area contributed by atoms with E-state index in [1.807, 2.05) is 32.0 Å². The van der Waals surface area contributed by atoms with E-state index in [1.165, 1.54) is 36.3 Å². The molecule has 5 rings (SSSR count). The van der Waals surface area contributed by atoms with Crippen molar-refractivity contribution in [1.29, 1.82) is 5.26 Å². The Balaban J connectivity index is 1.62. The van der Waals surface area contributed by atoms with E-state index in [0.29, 0.717) is 67.8 Å². The Morgan fingerprint density at radius 1 is 1.00 bits per heavy atom. The maximum Gasteiger partial charge on any atom is 0.337 e. The summed E-state index contributed by atoms with van der Waals surface area (Å²) >= 11 is 1.18. The molecule has 0 radical (unpaired) electrons. The predicted molar refractivity (Wildman–Crippen MR) is 168 cm³/mol. The van der Waals surface area contributed by atoms with Crippen LogP contribution in [-0.2, 0) is 16.1 Å². The molecule has 1 atom stereocenters. The van der Waals surface area contributed by atoms with E-state index in [4.69, 9.17) is 23.7 Å². The van der Waals surface area contributed by atoms with Crippen LogP contribution >= 0.6 is 11.3 Å². The lowest BCUT2D eigenvalue weighted by atomic mass is 9.97. The van der Waals surface area contributed by atoms with Gasteiger partial charge in [-0.1, -0.05) is 47.7 Å².